The smallest absolute Gasteiger partial charge is 0.347 e. The van der Waals surface area contributed by atoms with Crippen LogP contribution in [0, 0.1) is 5.92 Å². The zero-order valence-corrected chi connectivity index (χ0v) is 9.74. The van der Waals surface area contributed by atoms with Gasteiger partial charge in [0.25, 0.3) is 0 Å². The van der Waals surface area contributed by atoms with Crippen molar-refractivity contribution in [3.8, 4) is 0 Å². The number of anilines is 1. The summed E-state index contributed by atoms with van der Waals surface area (Å²) in [5, 5.41) is 0.310. The zero-order chi connectivity index (χ0) is 11.1. The average Bonchev–Trinajstić information content (AvgIpc) is 2.69. The van der Waals surface area contributed by atoms with Crippen LogP contribution in [0.1, 0.15) is 19.8 Å². The molecule has 1 spiro atoms. The Balaban J connectivity index is 1.97. The molecule has 5 heteroatoms. The van der Waals surface area contributed by atoms with E-state index in [0.717, 1.165) is 18.3 Å². The van der Waals surface area contributed by atoms with Gasteiger partial charge in [-0.15, -0.1) is 0 Å². The lowest BCUT2D eigenvalue weighted by molar-refractivity contribution is 0.222. The van der Waals surface area contributed by atoms with E-state index < -0.39 is 0 Å². The van der Waals surface area contributed by atoms with E-state index >= 15 is 0 Å². The first-order chi connectivity index (χ1) is 7.61. The fraction of sp³-hybridized carbons (Fsp3) is 0.636. The van der Waals surface area contributed by atoms with E-state index in [4.69, 9.17) is 11.6 Å². The first-order valence-corrected chi connectivity index (χ1v) is 6.05. The van der Waals surface area contributed by atoms with Gasteiger partial charge in [0.15, 0.2) is 0 Å². The van der Waals surface area contributed by atoms with Crippen LogP contribution in [0.3, 0.4) is 0 Å². The Morgan fingerprint density at radius 3 is 3.06 bits per heavy atom. The molecule has 3 fully saturated rings. The minimum absolute atomic E-state index is 0.207. The number of nitrogens with zero attached hydrogens (tertiary/aromatic N) is 3. The van der Waals surface area contributed by atoms with Crippen molar-refractivity contribution in [3.05, 3.63) is 21.7 Å². The molecular formula is C11H12ClN3O. The molecule has 5 rings (SSSR count). The van der Waals surface area contributed by atoms with Gasteiger partial charge in [0, 0.05) is 12.1 Å². The van der Waals surface area contributed by atoms with Gasteiger partial charge >= 0.3 is 5.69 Å². The Bertz CT molecular complexity index is 547. The van der Waals surface area contributed by atoms with Crippen molar-refractivity contribution in [3.63, 3.8) is 0 Å². The van der Waals surface area contributed by atoms with Crippen molar-refractivity contribution in [1.29, 1.82) is 0 Å². The van der Waals surface area contributed by atoms with Crippen LogP contribution in [0.5, 0.6) is 0 Å². The van der Waals surface area contributed by atoms with Gasteiger partial charge in [-0.05, 0) is 25.7 Å². The minimum atomic E-state index is -0.207. The fourth-order valence-corrected chi connectivity index (χ4v) is 4.03. The molecule has 4 aliphatic rings. The number of hydrogen-bond donors (Lipinski definition) is 0. The monoisotopic (exact) mass is 237 g/mol. The van der Waals surface area contributed by atoms with Crippen molar-refractivity contribution < 1.29 is 0 Å². The van der Waals surface area contributed by atoms with Gasteiger partial charge in [-0.1, -0.05) is 11.6 Å². The van der Waals surface area contributed by atoms with Gasteiger partial charge in [0.1, 0.15) is 11.0 Å². The molecule has 4 heterocycles. The maximum absolute atomic E-state index is 11.8. The lowest BCUT2D eigenvalue weighted by Gasteiger charge is -2.36. The Labute approximate surface area is 97.8 Å². The molecule has 1 atom stereocenters. The quantitative estimate of drug-likeness (QED) is 0.638. The van der Waals surface area contributed by atoms with Crippen molar-refractivity contribution in [2.45, 2.75) is 37.9 Å². The number of rotatable bonds is 0. The summed E-state index contributed by atoms with van der Waals surface area (Å²) in [5.41, 5.74) is 0.00437. The Kier molecular flexibility index (Phi) is 1.39. The zero-order valence-electron chi connectivity index (χ0n) is 8.98. The first kappa shape index (κ1) is 9.05. The Morgan fingerprint density at radius 1 is 1.56 bits per heavy atom. The van der Waals surface area contributed by atoms with Gasteiger partial charge in [0.2, 0.25) is 0 Å². The van der Waals surface area contributed by atoms with Crippen molar-refractivity contribution in [2.24, 2.45) is 5.92 Å². The predicted molar refractivity (Wildman–Crippen MR) is 60.9 cm³/mol. The van der Waals surface area contributed by atoms with E-state index in [-0.39, 0.29) is 11.2 Å². The van der Waals surface area contributed by atoms with Gasteiger partial charge in [-0.3, -0.25) is 4.57 Å². The molecule has 1 aliphatic carbocycles. The van der Waals surface area contributed by atoms with Crippen LogP contribution >= 0.6 is 11.6 Å². The SMILES string of the molecule is CC1C2CC3(C2)Cn2c(cc(Cl)nc2=O)N13. The Hall–Kier alpha value is -1.03. The highest BCUT2D eigenvalue weighted by atomic mass is 35.5. The molecule has 0 amide bonds. The molecule has 16 heavy (non-hydrogen) atoms. The van der Waals surface area contributed by atoms with Crippen LogP contribution in [0.15, 0.2) is 10.9 Å². The van der Waals surface area contributed by atoms with Gasteiger partial charge < -0.3 is 4.90 Å². The number of aromatic nitrogens is 2. The molecule has 0 N–H and O–H groups in total. The lowest BCUT2D eigenvalue weighted by Crippen LogP contribution is -2.45. The minimum Gasteiger partial charge on any atom is -0.347 e. The van der Waals surface area contributed by atoms with E-state index in [1.807, 2.05) is 6.07 Å². The van der Waals surface area contributed by atoms with Crippen LogP contribution in [-0.2, 0) is 6.54 Å². The van der Waals surface area contributed by atoms with Crippen molar-refractivity contribution in [1.82, 2.24) is 9.55 Å². The molecule has 84 valence electrons. The topological polar surface area (TPSA) is 38.1 Å². The summed E-state index contributed by atoms with van der Waals surface area (Å²) in [6.07, 6.45) is 2.43. The van der Waals surface area contributed by atoms with E-state index in [2.05, 4.69) is 16.8 Å². The summed E-state index contributed by atoms with van der Waals surface area (Å²) < 4.78 is 1.78. The second-order valence-electron chi connectivity index (χ2n) is 5.31. The summed E-state index contributed by atoms with van der Waals surface area (Å²) in [6.45, 7) is 3.04. The van der Waals surface area contributed by atoms with Gasteiger partial charge in [-0.2, -0.15) is 4.98 Å². The summed E-state index contributed by atoms with van der Waals surface area (Å²) >= 11 is 5.87. The fourth-order valence-electron chi connectivity index (χ4n) is 3.86. The molecule has 4 nitrogen and oxygen atoms in total. The summed E-state index contributed by atoms with van der Waals surface area (Å²) in [6, 6.07) is 2.36. The predicted octanol–water partition coefficient (Wildman–Crippen LogP) is 1.27. The highest BCUT2D eigenvalue weighted by Crippen LogP contribution is 2.59. The second kappa shape index (κ2) is 2.45. The average molecular weight is 238 g/mol. The molecular weight excluding hydrogens is 226 g/mol. The van der Waals surface area contributed by atoms with Gasteiger partial charge in [0.05, 0.1) is 12.1 Å². The third-order valence-electron chi connectivity index (χ3n) is 4.54. The summed E-state index contributed by atoms with van der Waals surface area (Å²) in [4.78, 5) is 18.0. The standard InChI is InChI=1S/C11H12ClN3O/c1-6-7-3-11(4-7)5-14-9(15(6)11)2-8(12)13-10(14)16/h2,6-7H,3-5H2,1H3. The molecule has 0 aromatic carbocycles. The molecule has 1 saturated carbocycles. The van der Waals surface area contributed by atoms with Crippen LogP contribution in [-0.4, -0.2) is 21.1 Å². The molecule has 3 aliphatic heterocycles. The first-order valence-electron chi connectivity index (χ1n) is 5.67. The normalized spacial score (nSPS) is 38.2. The van der Waals surface area contributed by atoms with Crippen LogP contribution in [0.2, 0.25) is 5.15 Å². The third kappa shape index (κ3) is 0.808. The van der Waals surface area contributed by atoms with E-state index in [0.29, 0.717) is 11.2 Å². The molecule has 2 saturated heterocycles. The van der Waals surface area contributed by atoms with E-state index in [1.54, 1.807) is 4.57 Å². The second-order valence-corrected chi connectivity index (χ2v) is 5.70. The molecule has 0 radical (unpaired) electrons. The maximum atomic E-state index is 11.8. The number of halogens is 1. The van der Waals surface area contributed by atoms with Crippen molar-refractivity contribution >= 4 is 17.4 Å². The van der Waals surface area contributed by atoms with E-state index in [1.165, 1.54) is 12.8 Å². The van der Waals surface area contributed by atoms with Crippen LogP contribution < -0.4 is 10.6 Å². The molecule has 1 aromatic rings. The van der Waals surface area contributed by atoms with E-state index in [9.17, 15) is 4.79 Å². The van der Waals surface area contributed by atoms with Crippen molar-refractivity contribution in [2.75, 3.05) is 4.90 Å². The molecule has 1 aromatic heterocycles. The molecule has 2 bridgehead atoms. The van der Waals surface area contributed by atoms with Crippen LogP contribution in [0.25, 0.3) is 0 Å². The molecule has 1 unspecified atom stereocenters. The third-order valence-corrected chi connectivity index (χ3v) is 4.74. The Morgan fingerprint density at radius 2 is 2.31 bits per heavy atom. The number of fused-ring (bicyclic) bond motifs is 1. The lowest BCUT2D eigenvalue weighted by atomic mass is 9.72. The highest BCUT2D eigenvalue weighted by Gasteiger charge is 2.63. The summed E-state index contributed by atoms with van der Waals surface area (Å²) in [5.74, 6) is 1.77. The summed E-state index contributed by atoms with van der Waals surface area (Å²) in [7, 11) is 0. The highest BCUT2D eigenvalue weighted by molar-refractivity contribution is 6.29. The van der Waals surface area contributed by atoms with Crippen LogP contribution in [0.4, 0.5) is 5.82 Å². The number of hydrogen-bond acceptors (Lipinski definition) is 3. The maximum Gasteiger partial charge on any atom is 0.350 e. The largest absolute Gasteiger partial charge is 0.350 e. The van der Waals surface area contributed by atoms with Gasteiger partial charge in [-0.25, -0.2) is 4.79 Å².